The molecule has 0 aliphatic heterocycles. The smallest absolute Gasteiger partial charge is 0.108 e. The third kappa shape index (κ3) is 1.02. The molecule has 0 saturated heterocycles. The fourth-order valence-corrected chi connectivity index (χ4v) is 1.74. The molecule has 3 aromatic rings. The van der Waals surface area contributed by atoms with Crippen molar-refractivity contribution in [3.8, 4) is 12.5 Å². The number of fused-ring (bicyclic) bond motifs is 3. The largest absolute Gasteiger partial charge is 0.257 e. The molecule has 0 bridgehead atoms. The second kappa shape index (κ2) is 2.82. The minimum Gasteiger partial charge on any atom is -0.257 e. The molecule has 0 fully saturated rings. The van der Waals surface area contributed by atoms with Gasteiger partial charge in [0, 0.05) is 11.4 Å². The molecule has 2 heterocycles. The number of hydrogen-bond acceptors (Lipinski definition) is 2. The van der Waals surface area contributed by atoms with E-state index in [1.165, 1.54) is 0 Å². The summed E-state index contributed by atoms with van der Waals surface area (Å²) >= 11 is 0. The van der Waals surface area contributed by atoms with Gasteiger partial charge in [-0.25, -0.2) is 4.98 Å². The van der Waals surface area contributed by atoms with Crippen LogP contribution >= 0.6 is 0 Å². The highest BCUT2D eigenvalue weighted by atomic mass is 15.0. The lowest BCUT2D eigenvalue weighted by molar-refractivity contribution is 1.16. The third-order valence-electron chi connectivity index (χ3n) is 2.42. The summed E-state index contributed by atoms with van der Waals surface area (Å²) in [7, 11) is 0. The Kier molecular flexibility index (Phi) is 1.51. The minimum absolute atomic E-state index is 0.826. The van der Waals surface area contributed by atoms with Crippen molar-refractivity contribution in [2.24, 2.45) is 0 Å². The summed E-state index contributed by atoms with van der Waals surface area (Å²) in [5.74, 6) is 0. The first-order valence-corrected chi connectivity index (χ1v) is 4.57. The van der Waals surface area contributed by atoms with E-state index in [4.69, 9.17) is 6.42 Å². The molecule has 0 radical (unpaired) electrons. The second-order valence-electron chi connectivity index (χ2n) is 3.25. The first-order valence-electron chi connectivity index (χ1n) is 4.57. The van der Waals surface area contributed by atoms with Crippen LogP contribution in [0.3, 0.4) is 0 Å². The third-order valence-corrected chi connectivity index (χ3v) is 2.42. The van der Waals surface area contributed by atoms with Gasteiger partial charge < -0.3 is 0 Å². The molecule has 3 rings (SSSR count). The SMILES string of the molecule is C#Cn1cnc2cnc3ccccc3c21. The summed E-state index contributed by atoms with van der Waals surface area (Å²) < 4.78 is 1.68. The van der Waals surface area contributed by atoms with E-state index in [9.17, 15) is 0 Å². The van der Waals surface area contributed by atoms with Gasteiger partial charge in [0.1, 0.15) is 11.8 Å². The van der Waals surface area contributed by atoms with Gasteiger partial charge in [-0.2, -0.15) is 0 Å². The van der Waals surface area contributed by atoms with E-state index < -0.39 is 0 Å². The maximum Gasteiger partial charge on any atom is 0.108 e. The molecule has 0 spiro atoms. The van der Waals surface area contributed by atoms with Crippen molar-refractivity contribution < 1.29 is 0 Å². The van der Waals surface area contributed by atoms with Gasteiger partial charge in [0.25, 0.3) is 0 Å². The lowest BCUT2D eigenvalue weighted by Gasteiger charge is -1.99. The van der Waals surface area contributed by atoms with E-state index in [0.717, 1.165) is 21.9 Å². The predicted molar refractivity (Wildman–Crippen MR) is 59.3 cm³/mol. The molecular formula is C12H7N3. The normalized spacial score (nSPS) is 10.6. The second-order valence-corrected chi connectivity index (χ2v) is 3.25. The molecule has 2 aromatic heterocycles. The Balaban J connectivity index is 2.63. The van der Waals surface area contributed by atoms with Crippen molar-refractivity contribution in [1.29, 1.82) is 0 Å². The number of nitrogens with zero attached hydrogens (tertiary/aromatic N) is 3. The van der Waals surface area contributed by atoms with Crippen molar-refractivity contribution in [3.63, 3.8) is 0 Å². The molecule has 0 saturated carbocycles. The Bertz CT molecular complexity index is 689. The average molecular weight is 193 g/mol. The van der Waals surface area contributed by atoms with Crippen LogP contribution in [0.1, 0.15) is 0 Å². The molecule has 1 aromatic carbocycles. The summed E-state index contributed by atoms with van der Waals surface area (Å²) in [5.41, 5.74) is 2.71. The van der Waals surface area contributed by atoms with E-state index in [1.807, 2.05) is 24.3 Å². The first kappa shape index (κ1) is 8.01. The van der Waals surface area contributed by atoms with Gasteiger partial charge in [0.05, 0.1) is 17.2 Å². The van der Waals surface area contributed by atoms with Crippen LogP contribution in [0.5, 0.6) is 0 Å². The van der Waals surface area contributed by atoms with Crippen molar-refractivity contribution in [2.45, 2.75) is 0 Å². The van der Waals surface area contributed by atoms with E-state index in [2.05, 4.69) is 16.0 Å². The molecule has 0 aliphatic carbocycles. The zero-order valence-electron chi connectivity index (χ0n) is 7.88. The van der Waals surface area contributed by atoms with Crippen molar-refractivity contribution in [2.75, 3.05) is 0 Å². The van der Waals surface area contributed by atoms with Crippen molar-refractivity contribution >= 4 is 21.9 Å². The van der Waals surface area contributed by atoms with Crippen molar-refractivity contribution in [3.05, 3.63) is 36.8 Å². The minimum atomic E-state index is 0.826. The Morgan fingerprint density at radius 2 is 2.00 bits per heavy atom. The van der Waals surface area contributed by atoms with Crippen LogP contribution in [0.15, 0.2) is 36.8 Å². The zero-order chi connectivity index (χ0) is 10.3. The summed E-state index contributed by atoms with van der Waals surface area (Å²) in [5, 5.41) is 1.03. The van der Waals surface area contributed by atoms with Crippen LogP contribution in [0.4, 0.5) is 0 Å². The standard InChI is InChI=1S/C12H7N3/c1-2-15-8-14-11-7-13-10-6-4-3-5-9(10)12(11)15/h1,3-8H. The van der Waals surface area contributed by atoms with Crippen LogP contribution in [-0.2, 0) is 0 Å². The van der Waals surface area contributed by atoms with Gasteiger partial charge in [-0.1, -0.05) is 24.6 Å². The van der Waals surface area contributed by atoms with Crippen LogP contribution in [0, 0.1) is 12.5 Å². The number of aromatic nitrogens is 3. The molecule has 15 heavy (non-hydrogen) atoms. The zero-order valence-corrected chi connectivity index (χ0v) is 7.88. The number of hydrogen-bond donors (Lipinski definition) is 0. The number of imidazole rings is 1. The maximum absolute atomic E-state index is 5.40. The molecule has 3 nitrogen and oxygen atoms in total. The molecule has 3 heteroatoms. The molecule has 70 valence electrons. The van der Waals surface area contributed by atoms with Gasteiger partial charge in [-0.3, -0.25) is 9.55 Å². The highest BCUT2D eigenvalue weighted by molar-refractivity contribution is 6.02. The fraction of sp³-hybridized carbons (Fsp3) is 0. The van der Waals surface area contributed by atoms with Crippen LogP contribution in [0.25, 0.3) is 21.9 Å². The highest BCUT2D eigenvalue weighted by Gasteiger charge is 2.05. The van der Waals surface area contributed by atoms with Gasteiger partial charge in [-0.05, 0) is 6.07 Å². The fourth-order valence-electron chi connectivity index (χ4n) is 1.74. The summed E-state index contributed by atoms with van der Waals surface area (Å²) in [6, 6.07) is 10.5. The van der Waals surface area contributed by atoms with E-state index in [1.54, 1.807) is 17.1 Å². The average Bonchev–Trinajstić information content (AvgIpc) is 2.72. The monoisotopic (exact) mass is 193 g/mol. The molecule has 0 aliphatic rings. The Morgan fingerprint density at radius 1 is 1.13 bits per heavy atom. The quantitative estimate of drug-likeness (QED) is 0.511. The molecule has 0 amide bonds. The first-order chi connectivity index (χ1) is 7.40. The highest BCUT2D eigenvalue weighted by Crippen LogP contribution is 2.21. The molecule has 0 N–H and O–H groups in total. The van der Waals surface area contributed by atoms with Crippen LogP contribution in [0.2, 0.25) is 0 Å². The summed E-state index contributed by atoms with van der Waals surface area (Å²) in [4.78, 5) is 8.51. The van der Waals surface area contributed by atoms with Crippen LogP contribution in [-0.4, -0.2) is 14.5 Å². The van der Waals surface area contributed by atoms with Crippen LogP contribution < -0.4 is 0 Å². The summed E-state index contributed by atoms with van der Waals surface area (Å²) in [6.07, 6.45) is 8.78. The van der Waals surface area contributed by atoms with E-state index in [-0.39, 0.29) is 0 Å². The number of para-hydroxylation sites is 1. The van der Waals surface area contributed by atoms with E-state index >= 15 is 0 Å². The Morgan fingerprint density at radius 3 is 2.87 bits per heavy atom. The van der Waals surface area contributed by atoms with E-state index in [0.29, 0.717) is 0 Å². The topological polar surface area (TPSA) is 30.7 Å². The van der Waals surface area contributed by atoms with Gasteiger partial charge in [0.15, 0.2) is 0 Å². The number of pyridine rings is 1. The predicted octanol–water partition coefficient (Wildman–Crippen LogP) is 2.02. The lowest BCUT2D eigenvalue weighted by atomic mass is 10.2. The summed E-state index contributed by atoms with van der Waals surface area (Å²) in [6.45, 7) is 0. The molecule has 0 unspecified atom stereocenters. The van der Waals surface area contributed by atoms with Gasteiger partial charge in [0.2, 0.25) is 0 Å². The number of terminal acetylenes is 1. The van der Waals surface area contributed by atoms with Gasteiger partial charge in [-0.15, -0.1) is 0 Å². The molecular weight excluding hydrogens is 186 g/mol. The molecule has 0 atom stereocenters. The van der Waals surface area contributed by atoms with Gasteiger partial charge >= 0.3 is 0 Å². The number of benzene rings is 1. The maximum atomic E-state index is 5.40. The van der Waals surface area contributed by atoms with Crippen molar-refractivity contribution in [1.82, 2.24) is 14.5 Å². The number of rotatable bonds is 0. The lowest BCUT2D eigenvalue weighted by Crippen LogP contribution is -1.87. The Hall–Kier alpha value is -2.34. The Labute approximate surface area is 86.4 Å².